The molecule has 4 heterocycles. The molecule has 0 aliphatic heterocycles. The highest BCUT2D eigenvalue weighted by Crippen LogP contribution is 2.21. The lowest BCUT2D eigenvalue weighted by atomic mass is 10.3. The van der Waals surface area contributed by atoms with Gasteiger partial charge in [-0.2, -0.15) is 0 Å². The van der Waals surface area contributed by atoms with E-state index in [0.717, 1.165) is 0 Å². The van der Waals surface area contributed by atoms with Gasteiger partial charge < -0.3 is 8.83 Å². The van der Waals surface area contributed by atoms with Crippen molar-refractivity contribution in [3.63, 3.8) is 0 Å². The van der Waals surface area contributed by atoms with E-state index in [1.54, 1.807) is 24.5 Å². The Bertz CT molecular complexity index is 901. The second-order valence-electron chi connectivity index (χ2n) is 4.58. The average molecular weight is 320 g/mol. The quantitative estimate of drug-likeness (QED) is 0.518. The van der Waals surface area contributed by atoms with E-state index in [9.17, 15) is 4.79 Å². The first kappa shape index (κ1) is 13.9. The van der Waals surface area contributed by atoms with E-state index in [2.05, 4.69) is 29.9 Å². The van der Waals surface area contributed by atoms with Gasteiger partial charge in [0.05, 0.1) is 12.4 Å². The third kappa shape index (κ3) is 2.54. The van der Waals surface area contributed by atoms with Crippen molar-refractivity contribution in [2.24, 2.45) is 0 Å². The van der Waals surface area contributed by atoms with Crippen molar-refractivity contribution < 1.29 is 13.6 Å². The molecule has 0 atom stereocenters. The minimum atomic E-state index is -0.476. The zero-order valence-electron chi connectivity index (χ0n) is 12.0. The highest BCUT2D eigenvalue weighted by Gasteiger charge is 2.21. The molecule has 9 heteroatoms. The van der Waals surface area contributed by atoms with Crippen molar-refractivity contribution in [3.05, 3.63) is 61.1 Å². The van der Waals surface area contributed by atoms with Gasteiger partial charge in [0.25, 0.3) is 5.78 Å². The SMILES string of the molecule is O=C(c1cnc(-c2ccncn2)o1)c1cnc(-c2ccncn2)o1. The predicted octanol–water partition coefficient (Wildman–Crippen LogP) is 1.81. The number of nitrogens with zero attached hydrogens (tertiary/aromatic N) is 6. The van der Waals surface area contributed by atoms with Crippen LogP contribution in [0.5, 0.6) is 0 Å². The Morgan fingerprint density at radius 1 is 0.750 bits per heavy atom. The highest BCUT2D eigenvalue weighted by molar-refractivity contribution is 6.05. The first-order valence-corrected chi connectivity index (χ1v) is 6.80. The largest absolute Gasteiger partial charge is 0.431 e. The van der Waals surface area contributed by atoms with Crippen molar-refractivity contribution in [2.75, 3.05) is 0 Å². The van der Waals surface area contributed by atoms with Gasteiger partial charge in [-0.25, -0.2) is 29.9 Å². The number of carbonyl (C=O) groups is 1. The van der Waals surface area contributed by atoms with Crippen LogP contribution >= 0.6 is 0 Å². The van der Waals surface area contributed by atoms with Crippen molar-refractivity contribution in [2.45, 2.75) is 0 Å². The van der Waals surface area contributed by atoms with Crippen LogP contribution in [-0.2, 0) is 0 Å². The molecule has 9 nitrogen and oxygen atoms in total. The van der Waals surface area contributed by atoms with Crippen LogP contribution in [0.4, 0.5) is 0 Å². The molecule has 0 spiro atoms. The van der Waals surface area contributed by atoms with Gasteiger partial charge in [-0.3, -0.25) is 4.79 Å². The van der Waals surface area contributed by atoms with Crippen LogP contribution in [0.1, 0.15) is 16.3 Å². The lowest BCUT2D eigenvalue weighted by Crippen LogP contribution is -1.97. The molecule has 0 radical (unpaired) electrons. The highest BCUT2D eigenvalue weighted by atomic mass is 16.4. The molecule has 4 rings (SSSR count). The summed E-state index contributed by atoms with van der Waals surface area (Å²) in [6, 6.07) is 3.25. The first-order chi connectivity index (χ1) is 11.8. The molecule has 0 bridgehead atoms. The summed E-state index contributed by atoms with van der Waals surface area (Å²) in [5, 5.41) is 0. The average Bonchev–Trinajstić information content (AvgIpc) is 3.33. The number of carbonyl (C=O) groups excluding carboxylic acids is 1. The molecule has 4 aromatic heterocycles. The van der Waals surface area contributed by atoms with Crippen LogP contribution < -0.4 is 0 Å². The van der Waals surface area contributed by atoms with Gasteiger partial charge in [0.15, 0.2) is 11.5 Å². The van der Waals surface area contributed by atoms with Crippen molar-refractivity contribution in [1.29, 1.82) is 0 Å². The molecule has 0 fully saturated rings. The molecule has 0 unspecified atom stereocenters. The number of hydrogen-bond acceptors (Lipinski definition) is 9. The lowest BCUT2D eigenvalue weighted by Gasteiger charge is -1.94. The normalized spacial score (nSPS) is 10.7. The molecule has 4 aromatic rings. The van der Waals surface area contributed by atoms with E-state index in [4.69, 9.17) is 8.83 Å². The molecule has 0 aliphatic rings. The summed E-state index contributed by atoms with van der Waals surface area (Å²) in [5.41, 5.74) is 0.951. The Kier molecular flexibility index (Phi) is 3.35. The van der Waals surface area contributed by atoms with E-state index < -0.39 is 5.78 Å². The molecule has 0 aromatic carbocycles. The fraction of sp³-hybridized carbons (Fsp3) is 0. The second kappa shape index (κ2) is 5.80. The van der Waals surface area contributed by atoms with Crippen molar-refractivity contribution in [3.8, 4) is 23.2 Å². The topological polar surface area (TPSA) is 121 Å². The summed E-state index contributed by atoms with van der Waals surface area (Å²) < 4.78 is 10.9. The minimum Gasteiger partial charge on any atom is -0.431 e. The van der Waals surface area contributed by atoms with E-state index >= 15 is 0 Å². The maximum absolute atomic E-state index is 12.4. The van der Waals surface area contributed by atoms with Gasteiger partial charge in [0, 0.05) is 12.4 Å². The molecule has 116 valence electrons. The van der Waals surface area contributed by atoms with Crippen LogP contribution in [-0.4, -0.2) is 35.7 Å². The Hall–Kier alpha value is -3.75. The molecule has 0 aliphatic carbocycles. The summed E-state index contributed by atoms with van der Waals surface area (Å²) in [6.07, 6.45) is 8.47. The summed E-state index contributed by atoms with van der Waals surface area (Å²) in [6.45, 7) is 0. The standard InChI is InChI=1S/C15H8N6O3/c22-13(11-5-18-14(23-11)9-1-3-16-7-20-9)12-6-19-15(24-12)10-2-4-17-8-21-10/h1-8H. The molecular weight excluding hydrogens is 312 g/mol. The van der Waals surface area contributed by atoms with Crippen LogP contribution in [0.15, 0.2) is 58.4 Å². The van der Waals surface area contributed by atoms with Crippen LogP contribution in [0.3, 0.4) is 0 Å². The lowest BCUT2D eigenvalue weighted by molar-refractivity contribution is 0.0984. The van der Waals surface area contributed by atoms with Gasteiger partial charge >= 0.3 is 0 Å². The van der Waals surface area contributed by atoms with E-state index in [-0.39, 0.29) is 23.3 Å². The molecule has 0 saturated heterocycles. The smallest absolute Gasteiger partial charge is 0.266 e. The number of oxazole rings is 2. The van der Waals surface area contributed by atoms with E-state index in [1.165, 1.54) is 25.0 Å². The van der Waals surface area contributed by atoms with Crippen molar-refractivity contribution >= 4 is 5.78 Å². The van der Waals surface area contributed by atoms with Gasteiger partial charge in [0.1, 0.15) is 24.0 Å². The molecule has 0 N–H and O–H groups in total. The van der Waals surface area contributed by atoms with E-state index in [1.807, 2.05) is 0 Å². The molecule has 0 amide bonds. The van der Waals surface area contributed by atoms with Gasteiger partial charge in [-0.15, -0.1) is 0 Å². The summed E-state index contributed by atoms with van der Waals surface area (Å²) in [5.74, 6) is 0.00573. The second-order valence-corrected chi connectivity index (χ2v) is 4.58. The Labute approximate surface area is 134 Å². The van der Waals surface area contributed by atoms with Gasteiger partial charge in [0.2, 0.25) is 11.8 Å². The van der Waals surface area contributed by atoms with Crippen LogP contribution in [0, 0.1) is 0 Å². The maximum atomic E-state index is 12.4. The predicted molar refractivity (Wildman–Crippen MR) is 78.5 cm³/mol. The van der Waals surface area contributed by atoms with Crippen molar-refractivity contribution in [1.82, 2.24) is 29.9 Å². The fourth-order valence-electron chi connectivity index (χ4n) is 1.95. The Morgan fingerprint density at radius 2 is 1.25 bits per heavy atom. The number of hydrogen-bond donors (Lipinski definition) is 0. The summed E-state index contributed by atoms with van der Waals surface area (Å²) in [7, 11) is 0. The number of aromatic nitrogens is 6. The minimum absolute atomic E-state index is 0.0222. The first-order valence-electron chi connectivity index (χ1n) is 6.80. The third-order valence-electron chi connectivity index (χ3n) is 3.06. The van der Waals surface area contributed by atoms with Crippen LogP contribution in [0.2, 0.25) is 0 Å². The monoisotopic (exact) mass is 320 g/mol. The molecular formula is C15H8N6O3. The number of ketones is 1. The molecule has 0 saturated carbocycles. The Morgan fingerprint density at radius 3 is 1.67 bits per heavy atom. The summed E-state index contributed by atoms with van der Waals surface area (Å²) in [4.78, 5) is 36.1. The zero-order chi connectivity index (χ0) is 16.4. The fourth-order valence-corrected chi connectivity index (χ4v) is 1.95. The summed E-state index contributed by atoms with van der Waals surface area (Å²) >= 11 is 0. The van der Waals surface area contributed by atoms with E-state index in [0.29, 0.717) is 11.4 Å². The maximum Gasteiger partial charge on any atom is 0.266 e. The van der Waals surface area contributed by atoms with Crippen LogP contribution in [0.25, 0.3) is 23.2 Å². The Balaban J connectivity index is 1.61. The van der Waals surface area contributed by atoms with Gasteiger partial charge in [-0.05, 0) is 12.1 Å². The number of rotatable bonds is 4. The molecule has 24 heavy (non-hydrogen) atoms. The third-order valence-corrected chi connectivity index (χ3v) is 3.06. The van der Waals surface area contributed by atoms with Gasteiger partial charge in [-0.1, -0.05) is 0 Å². The zero-order valence-corrected chi connectivity index (χ0v) is 12.0.